The van der Waals surface area contributed by atoms with Gasteiger partial charge in [0.05, 0.1) is 6.61 Å². The molecule has 2 aliphatic heterocycles. The van der Waals surface area contributed by atoms with E-state index >= 15 is 0 Å². The van der Waals surface area contributed by atoms with Crippen LogP contribution in [0.1, 0.15) is 53.9 Å². The van der Waals surface area contributed by atoms with Crippen molar-refractivity contribution in [3.63, 3.8) is 0 Å². The highest BCUT2D eigenvalue weighted by Gasteiger charge is 2.48. The van der Waals surface area contributed by atoms with Gasteiger partial charge in [-0.2, -0.15) is 0 Å². The predicted octanol–water partition coefficient (Wildman–Crippen LogP) is 2.56. The van der Waals surface area contributed by atoms with Gasteiger partial charge in [-0.25, -0.2) is 4.79 Å². The zero-order valence-corrected chi connectivity index (χ0v) is 15.7. The van der Waals surface area contributed by atoms with E-state index in [0.29, 0.717) is 25.6 Å². The van der Waals surface area contributed by atoms with E-state index in [9.17, 15) is 9.59 Å². The zero-order chi connectivity index (χ0) is 18.0. The molecule has 2 atom stereocenters. The number of amides is 2. The van der Waals surface area contributed by atoms with Crippen molar-refractivity contribution in [1.82, 2.24) is 10.2 Å². The Balaban J connectivity index is 1.99. The van der Waals surface area contributed by atoms with Crippen molar-refractivity contribution < 1.29 is 19.1 Å². The summed E-state index contributed by atoms with van der Waals surface area (Å²) < 4.78 is 10.9. The van der Waals surface area contributed by atoms with Gasteiger partial charge in [0.2, 0.25) is 5.91 Å². The molecule has 0 aromatic heterocycles. The van der Waals surface area contributed by atoms with Gasteiger partial charge >= 0.3 is 6.09 Å². The second-order valence-corrected chi connectivity index (χ2v) is 8.64. The van der Waals surface area contributed by atoms with Crippen molar-refractivity contribution >= 4 is 12.0 Å². The monoisotopic (exact) mass is 340 g/mol. The SMILES string of the molecule is CC(C)(C)OC(=O)N1CCC(C)(C)[C@@H]1C(=O)NC[C@H]1CCCOC1. The van der Waals surface area contributed by atoms with Crippen molar-refractivity contribution in [2.24, 2.45) is 11.3 Å². The maximum absolute atomic E-state index is 12.8. The molecule has 6 nitrogen and oxygen atoms in total. The van der Waals surface area contributed by atoms with Gasteiger partial charge in [-0.3, -0.25) is 9.69 Å². The van der Waals surface area contributed by atoms with Crippen molar-refractivity contribution in [2.75, 3.05) is 26.3 Å². The van der Waals surface area contributed by atoms with Gasteiger partial charge in [0.1, 0.15) is 11.6 Å². The quantitative estimate of drug-likeness (QED) is 0.857. The lowest BCUT2D eigenvalue weighted by molar-refractivity contribution is -0.128. The fourth-order valence-electron chi connectivity index (χ4n) is 3.42. The summed E-state index contributed by atoms with van der Waals surface area (Å²) in [5.41, 5.74) is -0.825. The first kappa shape index (κ1) is 19.0. The Hall–Kier alpha value is -1.30. The number of ether oxygens (including phenoxy) is 2. The van der Waals surface area contributed by atoms with Crippen LogP contribution < -0.4 is 5.32 Å². The maximum Gasteiger partial charge on any atom is 0.410 e. The number of nitrogens with one attached hydrogen (secondary N) is 1. The summed E-state index contributed by atoms with van der Waals surface area (Å²) in [6.45, 7) is 12.2. The fraction of sp³-hybridized carbons (Fsp3) is 0.889. The van der Waals surface area contributed by atoms with Crippen molar-refractivity contribution in [2.45, 2.75) is 65.5 Å². The Morgan fingerprint density at radius 1 is 1.33 bits per heavy atom. The molecular formula is C18H32N2O4. The van der Waals surface area contributed by atoms with Crippen LogP contribution >= 0.6 is 0 Å². The van der Waals surface area contributed by atoms with Crippen LogP contribution in [-0.4, -0.2) is 54.8 Å². The third kappa shape index (κ3) is 4.85. The largest absolute Gasteiger partial charge is 0.444 e. The number of likely N-dealkylation sites (tertiary alicyclic amines) is 1. The van der Waals surface area contributed by atoms with Gasteiger partial charge < -0.3 is 14.8 Å². The van der Waals surface area contributed by atoms with Crippen LogP contribution in [0.25, 0.3) is 0 Å². The Labute approximate surface area is 145 Å². The Bertz CT molecular complexity index is 464. The topological polar surface area (TPSA) is 67.9 Å². The van der Waals surface area contributed by atoms with Crippen LogP contribution in [0, 0.1) is 11.3 Å². The van der Waals surface area contributed by atoms with Crippen LogP contribution in [0.15, 0.2) is 0 Å². The van der Waals surface area contributed by atoms with Gasteiger partial charge in [-0.15, -0.1) is 0 Å². The summed E-state index contributed by atoms with van der Waals surface area (Å²) in [5, 5.41) is 3.03. The number of nitrogens with zero attached hydrogens (tertiary/aromatic N) is 1. The van der Waals surface area contributed by atoms with Crippen LogP contribution in [0.2, 0.25) is 0 Å². The molecule has 0 spiro atoms. The highest BCUT2D eigenvalue weighted by molar-refractivity contribution is 5.87. The van der Waals surface area contributed by atoms with E-state index < -0.39 is 17.7 Å². The van der Waals surface area contributed by atoms with Gasteiger partial charge in [-0.05, 0) is 51.4 Å². The first-order valence-electron chi connectivity index (χ1n) is 8.95. The van der Waals surface area contributed by atoms with Crippen molar-refractivity contribution in [1.29, 1.82) is 0 Å². The fourth-order valence-corrected chi connectivity index (χ4v) is 3.42. The van der Waals surface area contributed by atoms with E-state index in [-0.39, 0.29) is 11.3 Å². The Kier molecular flexibility index (Phi) is 5.78. The molecule has 0 radical (unpaired) electrons. The van der Waals surface area contributed by atoms with Gasteiger partial charge in [0.25, 0.3) is 0 Å². The second kappa shape index (κ2) is 7.30. The average Bonchev–Trinajstić information content (AvgIpc) is 2.80. The summed E-state index contributed by atoms with van der Waals surface area (Å²) in [6, 6.07) is -0.489. The van der Waals surface area contributed by atoms with Crippen molar-refractivity contribution in [3.8, 4) is 0 Å². The molecule has 138 valence electrons. The third-order valence-electron chi connectivity index (χ3n) is 4.74. The first-order valence-corrected chi connectivity index (χ1v) is 8.95. The van der Waals surface area contributed by atoms with Gasteiger partial charge in [0, 0.05) is 19.7 Å². The molecular weight excluding hydrogens is 308 g/mol. The number of carbonyl (C=O) groups excluding carboxylic acids is 2. The molecule has 2 heterocycles. The molecule has 0 aromatic carbocycles. The van der Waals surface area contributed by atoms with Crippen LogP contribution in [-0.2, 0) is 14.3 Å². The number of carbonyl (C=O) groups is 2. The smallest absolute Gasteiger partial charge is 0.410 e. The molecule has 0 aromatic rings. The molecule has 0 bridgehead atoms. The van der Waals surface area contributed by atoms with E-state index in [4.69, 9.17) is 9.47 Å². The van der Waals surface area contributed by atoms with Crippen LogP contribution in [0.4, 0.5) is 4.79 Å². The van der Waals surface area contributed by atoms with Gasteiger partial charge in [0.15, 0.2) is 0 Å². The number of hydrogen-bond acceptors (Lipinski definition) is 4. The van der Waals surface area contributed by atoms with Crippen LogP contribution in [0.5, 0.6) is 0 Å². The van der Waals surface area contributed by atoms with E-state index in [1.807, 2.05) is 34.6 Å². The Morgan fingerprint density at radius 3 is 2.62 bits per heavy atom. The molecule has 0 saturated carbocycles. The zero-order valence-electron chi connectivity index (χ0n) is 15.7. The lowest BCUT2D eigenvalue weighted by Crippen LogP contribution is -2.53. The summed E-state index contributed by atoms with van der Waals surface area (Å²) in [5.74, 6) is 0.274. The number of hydrogen-bond donors (Lipinski definition) is 1. The highest BCUT2D eigenvalue weighted by atomic mass is 16.6. The van der Waals surface area contributed by atoms with E-state index in [0.717, 1.165) is 25.9 Å². The standard InChI is InChI=1S/C18H32N2O4/c1-17(2,3)24-16(22)20-9-8-18(4,5)14(20)15(21)19-11-13-7-6-10-23-12-13/h13-14H,6-12H2,1-5H3,(H,19,21)/t13-,14+/m1/s1. The Morgan fingerprint density at radius 2 is 2.04 bits per heavy atom. The predicted molar refractivity (Wildman–Crippen MR) is 91.7 cm³/mol. The van der Waals surface area contributed by atoms with Crippen molar-refractivity contribution in [3.05, 3.63) is 0 Å². The lowest BCUT2D eigenvalue weighted by atomic mass is 9.84. The molecule has 24 heavy (non-hydrogen) atoms. The average molecular weight is 340 g/mol. The molecule has 2 fully saturated rings. The normalized spacial score (nSPS) is 27.0. The highest BCUT2D eigenvalue weighted by Crippen LogP contribution is 2.37. The third-order valence-corrected chi connectivity index (χ3v) is 4.74. The molecule has 2 rings (SSSR count). The van der Waals surface area contributed by atoms with E-state index in [2.05, 4.69) is 5.32 Å². The minimum Gasteiger partial charge on any atom is -0.444 e. The molecule has 2 saturated heterocycles. The molecule has 0 unspecified atom stereocenters. The van der Waals surface area contributed by atoms with Gasteiger partial charge in [-0.1, -0.05) is 13.8 Å². The summed E-state index contributed by atoms with van der Waals surface area (Å²) in [4.78, 5) is 26.8. The minimum absolute atomic E-state index is 0.0890. The minimum atomic E-state index is -0.565. The lowest BCUT2D eigenvalue weighted by Gasteiger charge is -2.33. The van der Waals surface area contributed by atoms with Crippen LogP contribution in [0.3, 0.4) is 0 Å². The molecule has 1 N–H and O–H groups in total. The first-order chi connectivity index (χ1) is 11.1. The summed E-state index contributed by atoms with van der Waals surface area (Å²) >= 11 is 0. The molecule has 2 aliphatic rings. The summed E-state index contributed by atoms with van der Waals surface area (Å²) in [7, 11) is 0. The second-order valence-electron chi connectivity index (χ2n) is 8.64. The number of rotatable bonds is 3. The molecule has 2 amide bonds. The molecule has 0 aliphatic carbocycles. The molecule has 6 heteroatoms. The summed E-state index contributed by atoms with van der Waals surface area (Å²) in [6.07, 6.45) is 2.50. The maximum atomic E-state index is 12.8. The van der Waals surface area contributed by atoms with E-state index in [1.165, 1.54) is 0 Å². The van der Waals surface area contributed by atoms with E-state index in [1.54, 1.807) is 4.90 Å².